The molecule has 4 nitrogen and oxygen atoms in total. The minimum absolute atomic E-state index is 0.121. The van der Waals surface area contributed by atoms with E-state index in [1.54, 1.807) is 0 Å². The molecule has 0 spiro atoms. The molecule has 1 aliphatic carbocycles. The second-order valence-corrected chi connectivity index (χ2v) is 5.45. The van der Waals surface area contributed by atoms with E-state index in [-0.39, 0.29) is 12.0 Å². The standard InChI is InChI=1S/C15H30N2O2/c1-4-16-14(15(18)19-5-2)12-17(3)13-10-8-6-7-9-11-13/h13-14,16H,4-12H2,1-3H3. The first-order valence-corrected chi connectivity index (χ1v) is 7.79. The SMILES string of the molecule is CCNC(CN(C)C1CCCCCC1)C(=O)OCC. The fraction of sp³-hybridized carbons (Fsp3) is 0.933. The summed E-state index contributed by atoms with van der Waals surface area (Å²) in [6, 6.07) is 0.427. The maximum Gasteiger partial charge on any atom is 0.324 e. The number of carbonyl (C=O) groups is 1. The van der Waals surface area contributed by atoms with Gasteiger partial charge in [0.05, 0.1) is 6.61 Å². The van der Waals surface area contributed by atoms with Crippen molar-refractivity contribution in [3.63, 3.8) is 0 Å². The highest BCUT2D eigenvalue weighted by Gasteiger charge is 2.24. The van der Waals surface area contributed by atoms with Gasteiger partial charge in [-0.25, -0.2) is 0 Å². The van der Waals surface area contributed by atoms with Gasteiger partial charge in [-0.1, -0.05) is 32.6 Å². The lowest BCUT2D eigenvalue weighted by molar-refractivity contribution is -0.146. The van der Waals surface area contributed by atoms with Gasteiger partial charge in [-0.3, -0.25) is 4.79 Å². The quantitative estimate of drug-likeness (QED) is 0.569. The number of nitrogens with one attached hydrogen (secondary N) is 1. The minimum Gasteiger partial charge on any atom is -0.465 e. The van der Waals surface area contributed by atoms with Crippen LogP contribution in [0.15, 0.2) is 0 Å². The maximum absolute atomic E-state index is 11.9. The van der Waals surface area contributed by atoms with Crippen LogP contribution in [-0.2, 0) is 9.53 Å². The van der Waals surface area contributed by atoms with Crippen LogP contribution in [0.2, 0.25) is 0 Å². The third-order valence-corrected chi connectivity index (χ3v) is 3.94. The van der Waals surface area contributed by atoms with E-state index in [1.807, 2.05) is 13.8 Å². The predicted molar refractivity (Wildman–Crippen MR) is 78.2 cm³/mol. The Morgan fingerprint density at radius 3 is 2.42 bits per heavy atom. The van der Waals surface area contributed by atoms with Crippen LogP contribution in [0, 0.1) is 0 Å². The summed E-state index contributed by atoms with van der Waals surface area (Å²) >= 11 is 0. The first-order chi connectivity index (χ1) is 9.19. The van der Waals surface area contributed by atoms with E-state index in [9.17, 15) is 4.79 Å². The third kappa shape index (κ3) is 5.91. The normalized spacial score (nSPS) is 19.2. The summed E-state index contributed by atoms with van der Waals surface area (Å²) in [5, 5.41) is 3.24. The number of esters is 1. The summed E-state index contributed by atoms with van der Waals surface area (Å²) in [4.78, 5) is 14.3. The number of rotatable bonds is 7. The van der Waals surface area contributed by atoms with Gasteiger partial charge in [0, 0.05) is 12.6 Å². The van der Waals surface area contributed by atoms with E-state index in [0.717, 1.165) is 13.1 Å². The van der Waals surface area contributed by atoms with Gasteiger partial charge in [-0.05, 0) is 33.4 Å². The van der Waals surface area contributed by atoms with Crippen LogP contribution in [0.5, 0.6) is 0 Å². The van der Waals surface area contributed by atoms with Crippen LogP contribution < -0.4 is 5.32 Å². The Kier molecular flexibility index (Phi) is 8.07. The predicted octanol–water partition coefficient (Wildman–Crippen LogP) is 2.18. The zero-order valence-corrected chi connectivity index (χ0v) is 12.8. The van der Waals surface area contributed by atoms with Crippen molar-refractivity contribution >= 4 is 5.97 Å². The molecular weight excluding hydrogens is 240 g/mol. The first-order valence-electron chi connectivity index (χ1n) is 7.79. The fourth-order valence-corrected chi connectivity index (χ4v) is 2.85. The Morgan fingerprint density at radius 2 is 1.89 bits per heavy atom. The van der Waals surface area contributed by atoms with Gasteiger partial charge in [-0.15, -0.1) is 0 Å². The molecule has 0 saturated heterocycles. The van der Waals surface area contributed by atoms with Crippen molar-refractivity contribution in [3.05, 3.63) is 0 Å². The minimum atomic E-state index is -0.196. The van der Waals surface area contributed by atoms with Crippen LogP contribution in [-0.4, -0.2) is 49.7 Å². The Bertz CT molecular complexity index is 251. The Labute approximate surface area is 117 Å². The van der Waals surface area contributed by atoms with E-state index in [1.165, 1.54) is 38.5 Å². The molecule has 112 valence electrons. The summed E-state index contributed by atoms with van der Waals surface area (Å²) in [7, 11) is 2.14. The second-order valence-electron chi connectivity index (χ2n) is 5.45. The Balaban J connectivity index is 2.48. The number of likely N-dealkylation sites (N-methyl/N-ethyl adjacent to an activating group) is 2. The summed E-state index contributed by atoms with van der Waals surface area (Å²) in [6.07, 6.45) is 7.88. The van der Waals surface area contributed by atoms with Gasteiger partial charge >= 0.3 is 5.97 Å². The highest BCUT2D eigenvalue weighted by molar-refractivity contribution is 5.76. The van der Waals surface area contributed by atoms with Gasteiger partial charge in [0.25, 0.3) is 0 Å². The molecule has 1 aliphatic rings. The zero-order valence-electron chi connectivity index (χ0n) is 12.8. The smallest absolute Gasteiger partial charge is 0.324 e. The number of nitrogens with zero attached hydrogens (tertiary/aromatic N) is 1. The van der Waals surface area contributed by atoms with Gasteiger partial charge < -0.3 is 15.0 Å². The van der Waals surface area contributed by atoms with Crippen LogP contribution in [0.1, 0.15) is 52.4 Å². The van der Waals surface area contributed by atoms with Crippen LogP contribution in [0.3, 0.4) is 0 Å². The topological polar surface area (TPSA) is 41.6 Å². The fourth-order valence-electron chi connectivity index (χ4n) is 2.85. The van der Waals surface area contributed by atoms with Gasteiger partial charge in [0.2, 0.25) is 0 Å². The van der Waals surface area contributed by atoms with E-state index in [2.05, 4.69) is 17.3 Å². The monoisotopic (exact) mass is 270 g/mol. The highest BCUT2D eigenvalue weighted by Crippen LogP contribution is 2.21. The molecule has 0 bridgehead atoms. The van der Waals surface area contributed by atoms with Crippen LogP contribution in [0.4, 0.5) is 0 Å². The molecule has 0 radical (unpaired) electrons. The molecule has 1 atom stereocenters. The van der Waals surface area contributed by atoms with Crippen LogP contribution in [0.25, 0.3) is 0 Å². The first kappa shape index (κ1) is 16.4. The molecule has 1 N–H and O–H groups in total. The molecule has 0 aliphatic heterocycles. The van der Waals surface area contributed by atoms with Gasteiger partial charge in [0.1, 0.15) is 6.04 Å². The van der Waals surface area contributed by atoms with Gasteiger partial charge in [-0.2, -0.15) is 0 Å². The lowest BCUT2D eigenvalue weighted by Crippen LogP contribution is -2.48. The van der Waals surface area contributed by atoms with Crippen molar-refractivity contribution < 1.29 is 9.53 Å². The average molecular weight is 270 g/mol. The Morgan fingerprint density at radius 1 is 1.26 bits per heavy atom. The van der Waals surface area contributed by atoms with Gasteiger partial charge in [0.15, 0.2) is 0 Å². The number of carbonyl (C=O) groups excluding carboxylic acids is 1. The highest BCUT2D eigenvalue weighted by atomic mass is 16.5. The Hall–Kier alpha value is -0.610. The second kappa shape index (κ2) is 9.32. The van der Waals surface area contributed by atoms with Crippen molar-refractivity contribution in [2.24, 2.45) is 0 Å². The summed E-state index contributed by atoms with van der Waals surface area (Å²) in [5.41, 5.74) is 0. The van der Waals surface area contributed by atoms with Crippen molar-refractivity contribution in [3.8, 4) is 0 Å². The van der Waals surface area contributed by atoms with E-state index in [0.29, 0.717) is 12.6 Å². The summed E-state index contributed by atoms with van der Waals surface area (Å²) in [6.45, 7) is 5.88. The molecule has 1 saturated carbocycles. The maximum atomic E-state index is 11.9. The molecule has 0 amide bonds. The number of hydrogen-bond acceptors (Lipinski definition) is 4. The molecule has 4 heteroatoms. The number of ether oxygens (including phenoxy) is 1. The van der Waals surface area contributed by atoms with E-state index in [4.69, 9.17) is 4.74 Å². The molecule has 1 unspecified atom stereocenters. The summed E-state index contributed by atoms with van der Waals surface area (Å²) in [5.74, 6) is -0.121. The molecule has 0 aromatic heterocycles. The molecule has 0 heterocycles. The van der Waals surface area contributed by atoms with Crippen LogP contribution >= 0.6 is 0 Å². The molecule has 1 rings (SSSR count). The zero-order chi connectivity index (χ0) is 14.1. The lowest BCUT2D eigenvalue weighted by Gasteiger charge is -2.30. The molecule has 1 fully saturated rings. The third-order valence-electron chi connectivity index (χ3n) is 3.94. The molecule has 0 aromatic rings. The largest absolute Gasteiger partial charge is 0.465 e. The molecule has 0 aromatic carbocycles. The lowest BCUT2D eigenvalue weighted by atomic mass is 10.1. The van der Waals surface area contributed by atoms with E-state index < -0.39 is 0 Å². The average Bonchev–Trinajstić information content (AvgIpc) is 2.67. The molecule has 19 heavy (non-hydrogen) atoms. The van der Waals surface area contributed by atoms with Crippen molar-refractivity contribution in [2.75, 3.05) is 26.7 Å². The number of hydrogen-bond donors (Lipinski definition) is 1. The summed E-state index contributed by atoms with van der Waals surface area (Å²) < 4.78 is 5.14. The molecular formula is C15H30N2O2. The van der Waals surface area contributed by atoms with Crippen molar-refractivity contribution in [2.45, 2.75) is 64.5 Å². The van der Waals surface area contributed by atoms with Crippen molar-refractivity contribution in [1.82, 2.24) is 10.2 Å². The van der Waals surface area contributed by atoms with Crippen molar-refractivity contribution in [1.29, 1.82) is 0 Å². The van der Waals surface area contributed by atoms with E-state index >= 15 is 0 Å².